The van der Waals surface area contributed by atoms with E-state index in [0.717, 1.165) is 0 Å². The van der Waals surface area contributed by atoms with Crippen LogP contribution in [0.3, 0.4) is 0 Å². The van der Waals surface area contributed by atoms with Crippen molar-refractivity contribution in [1.29, 1.82) is 0 Å². The average Bonchev–Trinajstić information content (AvgIpc) is 2.97. The number of aryl methyl sites for hydroxylation is 2. The summed E-state index contributed by atoms with van der Waals surface area (Å²) in [5, 5.41) is 10.9. The first-order chi connectivity index (χ1) is 11.0. The van der Waals surface area contributed by atoms with E-state index in [4.69, 9.17) is 4.74 Å². The summed E-state index contributed by atoms with van der Waals surface area (Å²) < 4.78 is 6.81. The van der Waals surface area contributed by atoms with E-state index in [0.29, 0.717) is 37.0 Å². The molecule has 1 atom stereocenters. The van der Waals surface area contributed by atoms with Gasteiger partial charge < -0.3 is 9.64 Å². The van der Waals surface area contributed by atoms with E-state index in [1.165, 1.54) is 10.7 Å². The van der Waals surface area contributed by atoms with Crippen molar-refractivity contribution in [2.75, 3.05) is 19.7 Å². The number of hydrogen-bond acceptors (Lipinski definition) is 6. The van der Waals surface area contributed by atoms with Crippen molar-refractivity contribution in [3.8, 4) is 0 Å². The molecular formula is C14H18N6O3. The van der Waals surface area contributed by atoms with Gasteiger partial charge in [-0.15, -0.1) is 0 Å². The van der Waals surface area contributed by atoms with Gasteiger partial charge in [-0.25, -0.2) is 9.67 Å². The maximum Gasteiger partial charge on any atom is 0.267 e. The van der Waals surface area contributed by atoms with Gasteiger partial charge in [0.05, 0.1) is 18.8 Å². The number of ether oxygens (including phenoxy) is 1. The molecule has 0 aliphatic carbocycles. The Kier molecular flexibility index (Phi) is 4.20. The number of aromatic amines is 1. The summed E-state index contributed by atoms with van der Waals surface area (Å²) in [7, 11) is 0. The molecule has 122 valence electrons. The van der Waals surface area contributed by atoms with Crippen LogP contribution in [0.5, 0.6) is 0 Å². The van der Waals surface area contributed by atoms with Crippen LogP contribution in [0.4, 0.5) is 0 Å². The molecule has 1 saturated heterocycles. The van der Waals surface area contributed by atoms with Crippen LogP contribution in [0.2, 0.25) is 0 Å². The lowest BCUT2D eigenvalue weighted by Crippen LogP contribution is -2.45. The minimum absolute atomic E-state index is 0.0831. The van der Waals surface area contributed by atoms with Gasteiger partial charge in [-0.05, 0) is 19.9 Å². The number of H-pyrrole nitrogens is 1. The summed E-state index contributed by atoms with van der Waals surface area (Å²) in [4.78, 5) is 30.1. The summed E-state index contributed by atoms with van der Waals surface area (Å²) in [5.74, 6) is 1.05. The van der Waals surface area contributed by atoms with Crippen LogP contribution < -0.4 is 5.56 Å². The number of nitrogens with zero attached hydrogens (tertiary/aromatic N) is 5. The van der Waals surface area contributed by atoms with E-state index in [1.54, 1.807) is 24.8 Å². The number of morpholine rings is 1. The molecule has 0 saturated carbocycles. The zero-order valence-electron chi connectivity index (χ0n) is 13.0. The monoisotopic (exact) mass is 318 g/mol. The Morgan fingerprint density at radius 3 is 3.00 bits per heavy atom. The van der Waals surface area contributed by atoms with Gasteiger partial charge in [0, 0.05) is 12.6 Å². The number of nitrogens with one attached hydrogen (secondary N) is 1. The van der Waals surface area contributed by atoms with E-state index >= 15 is 0 Å². The Hall–Kier alpha value is -2.55. The molecule has 9 heteroatoms. The van der Waals surface area contributed by atoms with Gasteiger partial charge in [0.2, 0.25) is 5.91 Å². The predicted octanol–water partition coefficient (Wildman–Crippen LogP) is -0.422. The van der Waals surface area contributed by atoms with Crippen LogP contribution in [0.15, 0.2) is 16.9 Å². The molecule has 0 radical (unpaired) electrons. The lowest BCUT2D eigenvalue weighted by Gasteiger charge is -2.31. The van der Waals surface area contributed by atoms with Crippen molar-refractivity contribution in [3.63, 3.8) is 0 Å². The largest absolute Gasteiger partial charge is 0.366 e. The summed E-state index contributed by atoms with van der Waals surface area (Å²) in [6.07, 6.45) is -0.361. The first-order valence-corrected chi connectivity index (χ1v) is 7.36. The number of aromatic nitrogens is 5. The number of carbonyl (C=O) groups is 1. The average molecular weight is 318 g/mol. The molecule has 1 N–H and O–H groups in total. The van der Waals surface area contributed by atoms with Crippen LogP contribution in [-0.4, -0.2) is 55.5 Å². The SMILES string of the molecule is Cc1ccc(=O)n(CC(=O)N2CCO[C@H](c3n[nH]c(C)n3)C2)n1. The van der Waals surface area contributed by atoms with Gasteiger partial charge in [-0.2, -0.15) is 10.2 Å². The van der Waals surface area contributed by atoms with Crippen molar-refractivity contribution >= 4 is 5.91 Å². The molecule has 2 aromatic heterocycles. The van der Waals surface area contributed by atoms with Gasteiger partial charge in [-0.3, -0.25) is 14.7 Å². The van der Waals surface area contributed by atoms with E-state index in [2.05, 4.69) is 20.3 Å². The van der Waals surface area contributed by atoms with Crippen LogP contribution >= 0.6 is 0 Å². The fourth-order valence-corrected chi connectivity index (χ4v) is 2.43. The molecule has 3 rings (SSSR count). The normalized spacial score (nSPS) is 18.2. The highest BCUT2D eigenvalue weighted by molar-refractivity contribution is 5.76. The minimum atomic E-state index is -0.361. The van der Waals surface area contributed by atoms with Crippen LogP contribution in [0, 0.1) is 13.8 Å². The zero-order valence-corrected chi connectivity index (χ0v) is 13.0. The van der Waals surface area contributed by atoms with Crippen molar-refractivity contribution in [2.24, 2.45) is 0 Å². The molecule has 0 aromatic carbocycles. The molecule has 0 unspecified atom stereocenters. The fourth-order valence-electron chi connectivity index (χ4n) is 2.43. The summed E-state index contributed by atoms with van der Waals surface area (Å²) >= 11 is 0. The van der Waals surface area contributed by atoms with E-state index in [9.17, 15) is 9.59 Å². The number of rotatable bonds is 3. The Labute approximate surface area is 132 Å². The molecule has 1 aliphatic rings. The summed E-state index contributed by atoms with van der Waals surface area (Å²) in [6, 6.07) is 3.04. The topological polar surface area (TPSA) is 106 Å². The van der Waals surface area contributed by atoms with Crippen LogP contribution in [0.25, 0.3) is 0 Å². The second-order valence-electron chi connectivity index (χ2n) is 5.45. The third kappa shape index (κ3) is 3.45. The highest BCUT2D eigenvalue weighted by Gasteiger charge is 2.28. The predicted molar refractivity (Wildman–Crippen MR) is 79.6 cm³/mol. The zero-order chi connectivity index (χ0) is 16.4. The molecule has 9 nitrogen and oxygen atoms in total. The lowest BCUT2D eigenvalue weighted by molar-refractivity contribution is -0.140. The van der Waals surface area contributed by atoms with Crippen LogP contribution in [0.1, 0.15) is 23.4 Å². The van der Waals surface area contributed by atoms with Gasteiger partial charge in [-0.1, -0.05) is 0 Å². The lowest BCUT2D eigenvalue weighted by atomic mass is 10.2. The van der Waals surface area contributed by atoms with Gasteiger partial charge in [0.15, 0.2) is 5.82 Å². The molecular weight excluding hydrogens is 300 g/mol. The van der Waals surface area contributed by atoms with Crippen molar-refractivity contribution in [3.05, 3.63) is 39.8 Å². The van der Waals surface area contributed by atoms with Crippen molar-refractivity contribution < 1.29 is 9.53 Å². The first-order valence-electron chi connectivity index (χ1n) is 7.36. The standard InChI is InChI=1S/C14H18N6O3/c1-9-3-4-12(21)20(18-9)8-13(22)19-5-6-23-11(7-19)14-15-10(2)16-17-14/h3-4,11H,5-8H2,1-2H3,(H,15,16,17)/t11-/m0/s1. The molecule has 0 spiro atoms. The van der Waals surface area contributed by atoms with E-state index in [-0.39, 0.29) is 24.1 Å². The third-order valence-electron chi connectivity index (χ3n) is 3.61. The van der Waals surface area contributed by atoms with E-state index in [1.807, 2.05) is 0 Å². The Balaban J connectivity index is 1.69. The highest BCUT2D eigenvalue weighted by Crippen LogP contribution is 2.19. The Morgan fingerprint density at radius 2 is 2.26 bits per heavy atom. The van der Waals surface area contributed by atoms with Gasteiger partial charge >= 0.3 is 0 Å². The maximum atomic E-state index is 12.4. The number of hydrogen-bond donors (Lipinski definition) is 1. The molecule has 1 aliphatic heterocycles. The molecule has 1 fully saturated rings. The quantitative estimate of drug-likeness (QED) is 0.824. The molecule has 1 amide bonds. The van der Waals surface area contributed by atoms with Crippen molar-refractivity contribution in [2.45, 2.75) is 26.5 Å². The van der Waals surface area contributed by atoms with Crippen LogP contribution in [-0.2, 0) is 16.1 Å². The number of amides is 1. The van der Waals surface area contributed by atoms with E-state index < -0.39 is 0 Å². The van der Waals surface area contributed by atoms with Gasteiger partial charge in [0.1, 0.15) is 18.5 Å². The molecule has 3 heterocycles. The molecule has 2 aromatic rings. The summed E-state index contributed by atoms with van der Waals surface area (Å²) in [6.45, 7) is 4.73. The first kappa shape index (κ1) is 15.3. The highest BCUT2D eigenvalue weighted by atomic mass is 16.5. The Bertz CT molecular complexity index is 768. The maximum absolute atomic E-state index is 12.4. The van der Waals surface area contributed by atoms with Gasteiger partial charge in [0.25, 0.3) is 5.56 Å². The second-order valence-corrected chi connectivity index (χ2v) is 5.45. The Morgan fingerprint density at radius 1 is 1.43 bits per heavy atom. The third-order valence-corrected chi connectivity index (χ3v) is 3.61. The molecule has 23 heavy (non-hydrogen) atoms. The smallest absolute Gasteiger partial charge is 0.267 e. The van der Waals surface area contributed by atoms with Crippen molar-refractivity contribution in [1.82, 2.24) is 29.9 Å². The fraction of sp³-hybridized carbons (Fsp3) is 0.500. The minimum Gasteiger partial charge on any atom is -0.366 e. The second kappa shape index (κ2) is 6.29. The molecule has 0 bridgehead atoms. The summed E-state index contributed by atoms with van der Waals surface area (Å²) in [5.41, 5.74) is 0.395. The number of carbonyl (C=O) groups excluding carboxylic acids is 1.